The minimum absolute atomic E-state index is 0.186. The summed E-state index contributed by atoms with van der Waals surface area (Å²) in [6.45, 7) is 3.11. The van der Waals surface area contributed by atoms with Crippen molar-refractivity contribution in [2.24, 2.45) is 0 Å². The third-order valence-electron chi connectivity index (χ3n) is 6.38. The zero-order valence-electron chi connectivity index (χ0n) is 19.3. The summed E-state index contributed by atoms with van der Waals surface area (Å²) in [6, 6.07) is 15.1. The van der Waals surface area contributed by atoms with Crippen molar-refractivity contribution >= 4 is 28.7 Å². The minimum atomic E-state index is -0.349. The quantitative estimate of drug-likeness (QED) is 0.461. The largest absolute Gasteiger partial charge is 0.447 e. The number of carbonyl (C=O) groups excluding carboxylic acids is 2. The first-order valence-electron chi connectivity index (χ1n) is 11.7. The third-order valence-corrected chi connectivity index (χ3v) is 6.38. The van der Waals surface area contributed by atoms with Crippen molar-refractivity contribution in [2.75, 3.05) is 18.1 Å². The van der Waals surface area contributed by atoms with Crippen LogP contribution in [0.3, 0.4) is 0 Å². The summed E-state index contributed by atoms with van der Waals surface area (Å²) < 4.78 is 6.75. The van der Waals surface area contributed by atoms with E-state index in [1.165, 1.54) is 0 Å². The van der Waals surface area contributed by atoms with Gasteiger partial charge in [0.05, 0.1) is 23.2 Å². The second-order valence-corrected chi connectivity index (χ2v) is 8.87. The molecule has 1 aliphatic heterocycles. The normalized spacial score (nSPS) is 15.5. The zero-order chi connectivity index (χ0) is 23.9. The average molecular weight is 469 g/mol. The maximum absolute atomic E-state index is 13.4. The van der Waals surface area contributed by atoms with Crippen LogP contribution in [0.25, 0.3) is 16.9 Å². The van der Waals surface area contributed by atoms with Crippen molar-refractivity contribution in [1.82, 2.24) is 25.1 Å². The summed E-state index contributed by atoms with van der Waals surface area (Å²) in [7, 11) is 0. The van der Waals surface area contributed by atoms with Crippen LogP contribution < -0.4 is 10.2 Å². The highest BCUT2D eigenvalue weighted by Crippen LogP contribution is 2.40. The fourth-order valence-corrected chi connectivity index (χ4v) is 4.45. The van der Waals surface area contributed by atoms with E-state index in [0.29, 0.717) is 42.6 Å². The summed E-state index contributed by atoms with van der Waals surface area (Å²) in [4.78, 5) is 36.3. The molecule has 6 rings (SSSR count). The van der Waals surface area contributed by atoms with Crippen LogP contribution in [0.2, 0.25) is 0 Å². The fourth-order valence-electron chi connectivity index (χ4n) is 4.45. The maximum Gasteiger partial charge on any atom is 0.414 e. The Morgan fingerprint density at radius 3 is 2.80 bits per heavy atom. The number of hydrogen-bond acceptors (Lipinski definition) is 6. The van der Waals surface area contributed by atoms with Gasteiger partial charge < -0.3 is 10.1 Å². The van der Waals surface area contributed by atoms with Gasteiger partial charge in [0.25, 0.3) is 5.91 Å². The van der Waals surface area contributed by atoms with Gasteiger partial charge in [-0.2, -0.15) is 9.78 Å². The van der Waals surface area contributed by atoms with Crippen LogP contribution in [0.1, 0.15) is 46.1 Å². The molecule has 1 aliphatic carbocycles. The van der Waals surface area contributed by atoms with E-state index in [1.807, 2.05) is 55.5 Å². The highest BCUT2D eigenvalue weighted by Gasteiger charge is 2.29. The number of anilines is 1. The second-order valence-electron chi connectivity index (χ2n) is 8.87. The number of aryl methyl sites for hydroxylation is 1. The van der Waals surface area contributed by atoms with Crippen LogP contribution in [0, 0.1) is 6.92 Å². The highest BCUT2D eigenvalue weighted by atomic mass is 16.6. The lowest BCUT2D eigenvalue weighted by Gasteiger charge is -2.14. The summed E-state index contributed by atoms with van der Waals surface area (Å²) in [5.74, 6) is 0.846. The van der Waals surface area contributed by atoms with Crippen molar-refractivity contribution in [3.05, 3.63) is 77.2 Å². The van der Waals surface area contributed by atoms with Crippen molar-refractivity contribution in [2.45, 2.75) is 32.2 Å². The molecule has 9 heteroatoms. The standard InChI is InChI=1S/C26H24N6O3/c1-16-23-20(25(33)28-15-17-5-4-6-19(13-17)31-11-12-35-26(31)34)14-21(18-8-9-18)29-24(23)32(30-16)22-7-2-3-10-27-22/h2-7,10,13-14,18H,8-9,11-12,15H2,1H3,(H,28,33). The molecular formula is C26H24N6O3. The predicted octanol–water partition coefficient (Wildman–Crippen LogP) is 3.89. The van der Waals surface area contributed by atoms with Gasteiger partial charge in [-0.1, -0.05) is 18.2 Å². The molecule has 176 valence electrons. The molecule has 4 heterocycles. The Bertz CT molecular complexity index is 1440. The topological polar surface area (TPSA) is 102 Å². The molecule has 0 spiro atoms. The van der Waals surface area contributed by atoms with Crippen molar-refractivity contribution < 1.29 is 14.3 Å². The second kappa shape index (κ2) is 8.50. The molecule has 0 atom stereocenters. The molecule has 1 saturated heterocycles. The van der Waals surface area contributed by atoms with Gasteiger partial charge in [0, 0.05) is 30.0 Å². The van der Waals surface area contributed by atoms with Crippen LogP contribution in [0.15, 0.2) is 54.7 Å². The Kier molecular flexibility index (Phi) is 5.17. The van der Waals surface area contributed by atoms with Gasteiger partial charge in [0.2, 0.25) is 0 Å². The van der Waals surface area contributed by atoms with E-state index in [2.05, 4.69) is 15.4 Å². The molecule has 35 heavy (non-hydrogen) atoms. The molecule has 2 amide bonds. The molecule has 0 radical (unpaired) electrons. The number of rotatable bonds is 6. The van der Waals surface area contributed by atoms with Crippen LogP contribution in [-0.2, 0) is 11.3 Å². The Balaban J connectivity index is 1.32. The molecule has 3 aromatic heterocycles. The number of benzene rings is 1. The number of nitrogens with one attached hydrogen (secondary N) is 1. The molecule has 2 fully saturated rings. The number of amides is 2. The van der Waals surface area contributed by atoms with E-state index in [1.54, 1.807) is 15.8 Å². The predicted molar refractivity (Wildman–Crippen MR) is 130 cm³/mol. The highest BCUT2D eigenvalue weighted by molar-refractivity contribution is 6.06. The summed E-state index contributed by atoms with van der Waals surface area (Å²) in [5, 5.41) is 8.44. The van der Waals surface area contributed by atoms with Gasteiger partial charge in [-0.3, -0.25) is 9.69 Å². The number of aromatic nitrogens is 4. The van der Waals surface area contributed by atoms with Crippen LogP contribution in [0.4, 0.5) is 10.5 Å². The Morgan fingerprint density at radius 1 is 1.17 bits per heavy atom. The number of pyridine rings is 2. The number of nitrogens with zero attached hydrogens (tertiary/aromatic N) is 5. The number of fused-ring (bicyclic) bond motifs is 1. The first kappa shape index (κ1) is 21.3. The summed E-state index contributed by atoms with van der Waals surface area (Å²) in [5.41, 5.74) is 4.49. The lowest BCUT2D eigenvalue weighted by atomic mass is 10.1. The average Bonchev–Trinajstić information content (AvgIpc) is 3.57. The minimum Gasteiger partial charge on any atom is -0.447 e. The number of cyclic esters (lactones) is 1. The van der Waals surface area contributed by atoms with Crippen LogP contribution in [-0.4, -0.2) is 44.9 Å². The van der Waals surface area contributed by atoms with Gasteiger partial charge in [0.1, 0.15) is 6.61 Å². The van der Waals surface area contributed by atoms with Gasteiger partial charge in [-0.15, -0.1) is 0 Å². The smallest absolute Gasteiger partial charge is 0.414 e. The van der Waals surface area contributed by atoms with Gasteiger partial charge >= 0.3 is 6.09 Å². The third kappa shape index (κ3) is 3.99. The molecule has 0 unspecified atom stereocenters. The SMILES string of the molecule is Cc1nn(-c2ccccn2)c2nc(C3CC3)cc(C(=O)NCc3cccc(N4CCOC4=O)c3)c12. The molecule has 9 nitrogen and oxygen atoms in total. The number of hydrogen-bond donors (Lipinski definition) is 1. The first-order chi connectivity index (χ1) is 17.1. The van der Waals surface area contributed by atoms with Gasteiger partial charge in [-0.25, -0.2) is 14.8 Å². The fraction of sp³-hybridized carbons (Fsp3) is 0.269. The number of carbonyl (C=O) groups is 2. The van der Waals surface area contributed by atoms with Gasteiger partial charge in [0.15, 0.2) is 11.5 Å². The lowest BCUT2D eigenvalue weighted by molar-refractivity contribution is 0.0952. The van der Waals surface area contributed by atoms with E-state index in [-0.39, 0.29) is 12.0 Å². The molecule has 2 aliphatic rings. The summed E-state index contributed by atoms with van der Waals surface area (Å²) in [6.07, 6.45) is 3.51. The monoisotopic (exact) mass is 468 g/mol. The molecule has 4 aromatic rings. The lowest BCUT2D eigenvalue weighted by Crippen LogP contribution is -2.25. The van der Waals surface area contributed by atoms with E-state index in [9.17, 15) is 9.59 Å². The van der Waals surface area contributed by atoms with Gasteiger partial charge in [-0.05, 0) is 55.7 Å². The number of ether oxygens (including phenoxy) is 1. The van der Waals surface area contributed by atoms with Crippen molar-refractivity contribution in [1.29, 1.82) is 0 Å². The maximum atomic E-state index is 13.4. The molecule has 0 bridgehead atoms. The molecule has 1 saturated carbocycles. The zero-order valence-corrected chi connectivity index (χ0v) is 19.3. The Morgan fingerprint density at radius 2 is 2.06 bits per heavy atom. The van der Waals surface area contributed by atoms with E-state index >= 15 is 0 Å². The first-order valence-corrected chi connectivity index (χ1v) is 11.7. The summed E-state index contributed by atoms with van der Waals surface area (Å²) >= 11 is 0. The molecule has 1 aromatic carbocycles. The Labute approximate surface area is 201 Å². The Hall–Kier alpha value is -4.27. The van der Waals surface area contributed by atoms with E-state index in [4.69, 9.17) is 9.72 Å². The molecular weight excluding hydrogens is 444 g/mol. The van der Waals surface area contributed by atoms with E-state index < -0.39 is 0 Å². The van der Waals surface area contributed by atoms with Crippen LogP contribution >= 0.6 is 0 Å². The van der Waals surface area contributed by atoms with E-state index in [0.717, 1.165) is 40.9 Å². The molecule has 1 N–H and O–H groups in total. The van der Waals surface area contributed by atoms with Crippen molar-refractivity contribution in [3.8, 4) is 5.82 Å². The van der Waals surface area contributed by atoms with Crippen LogP contribution in [0.5, 0.6) is 0 Å². The van der Waals surface area contributed by atoms with Crippen molar-refractivity contribution in [3.63, 3.8) is 0 Å².